The van der Waals surface area contributed by atoms with E-state index in [1.54, 1.807) is 7.11 Å². The van der Waals surface area contributed by atoms with Gasteiger partial charge in [0.1, 0.15) is 19.0 Å². The maximum absolute atomic E-state index is 13.0. The van der Waals surface area contributed by atoms with Gasteiger partial charge in [-0.3, -0.25) is 4.79 Å². The number of carbonyl (C=O) groups excluding carboxylic acids is 1. The fraction of sp³-hybridized carbons (Fsp3) is 0.417. The molecule has 0 saturated heterocycles. The summed E-state index contributed by atoms with van der Waals surface area (Å²) in [6.07, 6.45) is 3.80. The lowest BCUT2D eigenvalue weighted by atomic mass is 9.83. The molecular weight excluding hydrogens is 412 g/mol. The average molecular weight is 439 g/mol. The summed E-state index contributed by atoms with van der Waals surface area (Å²) in [7, 11) is 1.64. The monoisotopic (exact) mass is 438 g/mol. The molecule has 1 aromatic heterocycles. The molecule has 1 saturated carbocycles. The minimum atomic E-state index is 0.0646. The average Bonchev–Trinajstić information content (AvgIpc) is 3.26. The van der Waals surface area contributed by atoms with Crippen molar-refractivity contribution in [3.05, 3.63) is 47.0 Å². The number of Topliss-reactive ketones (excluding diaryl/α,β-unsaturated/α-hetero) is 1. The molecule has 31 heavy (non-hydrogen) atoms. The Morgan fingerprint density at radius 1 is 1.10 bits per heavy atom. The van der Waals surface area contributed by atoms with Gasteiger partial charge in [-0.05, 0) is 55.5 Å². The summed E-state index contributed by atoms with van der Waals surface area (Å²) in [5.74, 6) is 2.66. The zero-order valence-corrected chi connectivity index (χ0v) is 18.4. The van der Waals surface area contributed by atoms with E-state index in [1.807, 2.05) is 24.3 Å². The normalized spacial score (nSPS) is 20.5. The molecule has 0 atom stereocenters. The van der Waals surface area contributed by atoms with Crippen LogP contribution in [0.4, 0.5) is 0 Å². The summed E-state index contributed by atoms with van der Waals surface area (Å²) in [6.45, 7) is 2.00. The van der Waals surface area contributed by atoms with E-state index in [1.165, 1.54) is 16.9 Å². The number of aromatic nitrogens is 1. The lowest BCUT2D eigenvalue weighted by molar-refractivity contribution is 0.0879. The number of ether oxygens (including phenoxy) is 3. The van der Waals surface area contributed by atoms with Gasteiger partial charge in [-0.15, -0.1) is 11.3 Å². The van der Waals surface area contributed by atoms with Crippen molar-refractivity contribution in [3.63, 3.8) is 0 Å². The second-order valence-corrected chi connectivity index (χ2v) is 9.16. The van der Waals surface area contributed by atoms with Crippen LogP contribution >= 0.6 is 11.3 Å². The van der Waals surface area contributed by atoms with Crippen LogP contribution in [0.15, 0.2) is 36.4 Å². The topological polar surface area (TPSA) is 69.7 Å². The highest BCUT2D eigenvalue weighted by Gasteiger charge is 2.28. The van der Waals surface area contributed by atoms with Crippen LogP contribution in [0, 0.1) is 5.92 Å². The Kier molecular flexibility index (Phi) is 5.78. The largest absolute Gasteiger partial charge is 0.497 e. The molecule has 6 nitrogen and oxygen atoms in total. The molecule has 1 N–H and O–H groups in total. The lowest BCUT2D eigenvalue weighted by Gasteiger charge is -2.28. The van der Waals surface area contributed by atoms with Crippen LogP contribution in [-0.4, -0.2) is 37.1 Å². The molecule has 2 aliphatic rings. The van der Waals surface area contributed by atoms with E-state index in [9.17, 15) is 4.79 Å². The van der Waals surface area contributed by atoms with E-state index in [0.29, 0.717) is 24.3 Å². The van der Waals surface area contributed by atoms with Gasteiger partial charge >= 0.3 is 0 Å². The number of hydrogen-bond acceptors (Lipinski definition) is 7. The van der Waals surface area contributed by atoms with Crippen LogP contribution in [0.2, 0.25) is 0 Å². The van der Waals surface area contributed by atoms with Gasteiger partial charge in [-0.25, -0.2) is 4.98 Å². The number of carbonyl (C=O) groups is 1. The Bertz CT molecular complexity index is 1090. The van der Waals surface area contributed by atoms with E-state index in [4.69, 9.17) is 14.2 Å². The standard InChI is InChI=1S/C24H26N2O4S/c1-28-18-7-9-22-19(13-18)26-24(31-22)23(27)16-3-5-17(6-4-16)25-14-15-2-8-20-21(12-15)30-11-10-29-20/h2,7-9,12-13,16-17,25H,3-6,10-11,14H2,1H3/t16-,17-. The first-order valence-corrected chi connectivity index (χ1v) is 11.6. The number of nitrogens with zero attached hydrogens (tertiary/aromatic N) is 1. The Hall–Kier alpha value is -2.64. The Balaban J connectivity index is 1.15. The summed E-state index contributed by atoms with van der Waals surface area (Å²) in [5, 5.41) is 4.26. The second-order valence-electron chi connectivity index (χ2n) is 8.12. The first kappa shape index (κ1) is 20.3. The Morgan fingerprint density at radius 2 is 1.90 bits per heavy atom. The second kappa shape index (κ2) is 8.85. The molecule has 1 aliphatic heterocycles. The van der Waals surface area contributed by atoms with Gasteiger partial charge in [0.15, 0.2) is 22.3 Å². The predicted molar refractivity (Wildman–Crippen MR) is 121 cm³/mol. The maximum Gasteiger partial charge on any atom is 0.194 e. The van der Waals surface area contributed by atoms with Crippen LogP contribution in [0.25, 0.3) is 10.2 Å². The molecule has 0 unspecified atom stereocenters. The van der Waals surface area contributed by atoms with E-state index in [0.717, 1.165) is 59.7 Å². The molecule has 0 bridgehead atoms. The number of rotatable bonds is 6. The highest BCUT2D eigenvalue weighted by atomic mass is 32.1. The molecular formula is C24H26N2O4S. The quantitative estimate of drug-likeness (QED) is 0.567. The molecule has 2 aromatic carbocycles. The molecule has 0 amide bonds. The van der Waals surface area contributed by atoms with Crippen molar-refractivity contribution >= 4 is 27.3 Å². The third-order valence-electron chi connectivity index (χ3n) is 6.10. The number of benzene rings is 2. The van der Waals surface area contributed by atoms with Crippen LogP contribution in [0.3, 0.4) is 0 Å². The summed E-state index contributed by atoms with van der Waals surface area (Å²) in [6, 6.07) is 12.3. The third kappa shape index (κ3) is 4.38. The number of fused-ring (bicyclic) bond motifs is 2. The molecule has 2 heterocycles. The van der Waals surface area contributed by atoms with Gasteiger partial charge in [0, 0.05) is 24.6 Å². The smallest absolute Gasteiger partial charge is 0.194 e. The van der Waals surface area contributed by atoms with Crippen molar-refractivity contribution in [2.45, 2.75) is 38.3 Å². The minimum Gasteiger partial charge on any atom is -0.497 e. The van der Waals surface area contributed by atoms with E-state index >= 15 is 0 Å². The molecule has 3 aromatic rings. The molecule has 0 spiro atoms. The number of nitrogens with one attached hydrogen (secondary N) is 1. The van der Waals surface area contributed by atoms with E-state index in [-0.39, 0.29) is 11.7 Å². The van der Waals surface area contributed by atoms with Crippen molar-refractivity contribution in [1.82, 2.24) is 10.3 Å². The van der Waals surface area contributed by atoms with Gasteiger partial charge in [0.05, 0.1) is 17.3 Å². The molecule has 0 radical (unpaired) electrons. The fourth-order valence-electron chi connectivity index (χ4n) is 4.33. The maximum atomic E-state index is 13.0. The summed E-state index contributed by atoms with van der Waals surface area (Å²) < 4.78 is 17.5. The summed E-state index contributed by atoms with van der Waals surface area (Å²) in [4.78, 5) is 17.6. The molecule has 162 valence electrons. The first-order chi connectivity index (χ1) is 15.2. The Labute approximate surface area is 185 Å². The lowest BCUT2D eigenvalue weighted by Crippen LogP contribution is -2.34. The molecule has 1 aliphatic carbocycles. The molecule has 5 rings (SSSR count). The van der Waals surface area contributed by atoms with Crippen molar-refractivity contribution in [1.29, 1.82) is 0 Å². The zero-order valence-electron chi connectivity index (χ0n) is 17.6. The molecule has 7 heteroatoms. The van der Waals surface area contributed by atoms with Gasteiger partial charge in [0.2, 0.25) is 0 Å². The third-order valence-corrected chi connectivity index (χ3v) is 7.16. The summed E-state index contributed by atoms with van der Waals surface area (Å²) >= 11 is 1.48. The number of ketones is 1. The van der Waals surface area contributed by atoms with E-state index in [2.05, 4.69) is 22.4 Å². The number of hydrogen-bond donors (Lipinski definition) is 1. The van der Waals surface area contributed by atoms with Gasteiger partial charge < -0.3 is 19.5 Å². The Morgan fingerprint density at radius 3 is 2.71 bits per heavy atom. The van der Waals surface area contributed by atoms with E-state index < -0.39 is 0 Å². The van der Waals surface area contributed by atoms with Crippen LogP contribution < -0.4 is 19.5 Å². The van der Waals surface area contributed by atoms with Gasteiger partial charge in [-0.2, -0.15) is 0 Å². The van der Waals surface area contributed by atoms with Crippen molar-refractivity contribution in [2.24, 2.45) is 5.92 Å². The highest BCUT2D eigenvalue weighted by molar-refractivity contribution is 7.20. The SMILES string of the molecule is COc1ccc2sc(C(=O)[C@H]3CC[C@H](NCc4ccc5c(c4)OCCO5)CC3)nc2c1. The minimum absolute atomic E-state index is 0.0646. The number of methoxy groups -OCH3 is 1. The summed E-state index contributed by atoms with van der Waals surface area (Å²) in [5.41, 5.74) is 2.02. The highest BCUT2D eigenvalue weighted by Crippen LogP contribution is 2.33. The van der Waals surface area contributed by atoms with Crippen molar-refractivity contribution in [3.8, 4) is 17.2 Å². The first-order valence-electron chi connectivity index (χ1n) is 10.8. The van der Waals surface area contributed by atoms with Crippen LogP contribution in [0.5, 0.6) is 17.2 Å². The van der Waals surface area contributed by atoms with Crippen LogP contribution in [-0.2, 0) is 6.54 Å². The zero-order chi connectivity index (χ0) is 21.2. The van der Waals surface area contributed by atoms with Gasteiger partial charge in [0.25, 0.3) is 0 Å². The predicted octanol–water partition coefficient (Wildman–Crippen LogP) is 4.61. The van der Waals surface area contributed by atoms with Gasteiger partial charge in [-0.1, -0.05) is 6.07 Å². The van der Waals surface area contributed by atoms with Crippen LogP contribution in [0.1, 0.15) is 41.0 Å². The van der Waals surface area contributed by atoms with Crippen molar-refractivity contribution in [2.75, 3.05) is 20.3 Å². The molecule has 1 fully saturated rings. The number of thiazole rings is 1. The van der Waals surface area contributed by atoms with Crippen molar-refractivity contribution < 1.29 is 19.0 Å². The fourth-order valence-corrected chi connectivity index (χ4v) is 5.30.